The Morgan fingerprint density at radius 1 is 0.828 bits per heavy atom. The second kappa shape index (κ2) is 6.81. The summed E-state index contributed by atoms with van der Waals surface area (Å²) in [4.78, 5) is 27.6. The Hall–Kier alpha value is -3.54. The van der Waals surface area contributed by atoms with Crippen LogP contribution in [0.5, 0.6) is 0 Å². The van der Waals surface area contributed by atoms with Gasteiger partial charge in [-0.2, -0.15) is 0 Å². The average molecular weight is 388 g/mol. The molecule has 6 heteroatoms. The van der Waals surface area contributed by atoms with E-state index in [0.29, 0.717) is 11.0 Å². The standard InChI is InChI=1S/C23H24N4O2/c1-15-6-10-18(11-7-15)27-19(16-8-12-17(13-9-16)24(2)3)14-20-21(27)22(28)26(5)23(29)25(20)4/h6-14H,1-5H3. The topological polar surface area (TPSA) is 52.2 Å². The molecular formula is C23H24N4O2. The van der Waals surface area contributed by atoms with Gasteiger partial charge in [-0.25, -0.2) is 4.79 Å². The minimum absolute atomic E-state index is 0.306. The quantitative estimate of drug-likeness (QED) is 0.542. The number of fused-ring (bicyclic) bond motifs is 1. The first-order valence-electron chi connectivity index (χ1n) is 9.46. The Morgan fingerprint density at radius 3 is 2.03 bits per heavy atom. The van der Waals surface area contributed by atoms with Crippen LogP contribution in [0, 0.1) is 6.92 Å². The second-order valence-corrected chi connectivity index (χ2v) is 7.58. The molecule has 0 amide bonds. The summed E-state index contributed by atoms with van der Waals surface area (Å²) in [5, 5.41) is 0. The fourth-order valence-corrected chi connectivity index (χ4v) is 3.64. The van der Waals surface area contributed by atoms with Crippen LogP contribution in [-0.2, 0) is 14.1 Å². The number of benzene rings is 2. The highest BCUT2D eigenvalue weighted by Crippen LogP contribution is 2.30. The van der Waals surface area contributed by atoms with E-state index in [9.17, 15) is 9.59 Å². The van der Waals surface area contributed by atoms with Crippen LogP contribution in [0.15, 0.2) is 64.2 Å². The van der Waals surface area contributed by atoms with Crippen LogP contribution in [0.2, 0.25) is 0 Å². The number of anilines is 1. The van der Waals surface area contributed by atoms with Crippen molar-refractivity contribution < 1.29 is 0 Å². The van der Waals surface area contributed by atoms with Crippen molar-refractivity contribution in [2.75, 3.05) is 19.0 Å². The first kappa shape index (κ1) is 18.8. The van der Waals surface area contributed by atoms with Crippen LogP contribution in [0.3, 0.4) is 0 Å². The number of aryl methyl sites for hydroxylation is 2. The summed E-state index contributed by atoms with van der Waals surface area (Å²) in [5.74, 6) is 0. The zero-order valence-electron chi connectivity index (χ0n) is 17.3. The fourth-order valence-electron chi connectivity index (χ4n) is 3.64. The van der Waals surface area contributed by atoms with Crippen LogP contribution < -0.4 is 16.1 Å². The molecule has 0 N–H and O–H groups in total. The highest BCUT2D eigenvalue weighted by Gasteiger charge is 2.19. The summed E-state index contributed by atoms with van der Waals surface area (Å²) < 4.78 is 4.63. The van der Waals surface area contributed by atoms with Crippen molar-refractivity contribution in [3.05, 3.63) is 81.0 Å². The Kier molecular flexibility index (Phi) is 4.42. The number of hydrogen-bond donors (Lipinski definition) is 0. The molecule has 0 aliphatic heterocycles. The van der Waals surface area contributed by atoms with Gasteiger partial charge in [0.1, 0.15) is 5.52 Å². The van der Waals surface area contributed by atoms with Gasteiger partial charge < -0.3 is 9.47 Å². The van der Waals surface area contributed by atoms with Gasteiger partial charge >= 0.3 is 5.69 Å². The van der Waals surface area contributed by atoms with Crippen molar-refractivity contribution in [1.29, 1.82) is 0 Å². The maximum atomic E-state index is 13.1. The maximum Gasteiger partial charge on any atom is 0.331 e. The molecule has 4 aromatic rings. The summed E-state index contributed by atoms with van der Waals surface area (Å²) in [7, 11) is 7.21. The van der Waals surface area contributed by atoms with Gasteiger partial charge in [0.2, 0.25) is 0 Å². The van der Waals surface area contributed by atoms with Crippen molar-refractivity contribution in [3.8, 4) is 16.9 Å². The van der Waals surface area contributed by atoms with Gasteiger partial charge in [-0.3, -0.25) is 13.9 Å². The minimum Gasteiger partial charge on any atom is -0.378 e. The van der Waals surface area contributed by atoms with Crippen LogP contribution >= 0.6 is 0 Å². The van der Waals surface area contributed by atoms with Gasteiger partial charge in [-0.1, -0.05) is 29.8 Å². The Balaban J connectivity index is 2.11. The van der Waals surface area contributed by atoms with Gasteiger partial charge in [0.25, 0.3) is 5.56 Å². The largest absolute Gasteiger partial charge is 0.378 e. The van der Waals surface area contributed by atoms with Crippen LogP contribution in [0.25, 0.3) is 28.0 Å². The molecule has 0 bridgehead atoms. The molecule has 0 saturated heterocycles. The number of nitrogens with zero attached hydrogens (tertiary/aromatic N) is 4. The average Bonchev–Trinajstić information content (AvgIpc) is 3.12. The normalized spacial score (nSPS) is 11.2. The minimum atomic E-state index is -0.335. The zero-order valence-corrected chi connectivity index (χ0v) is 17.3. The van der Waals surface area contributed by atoms with E-state index in [4.69, 9.17) is 0 Å². The molecule has 6 nitrogen and oxygen atoms in total. The molecule has 0 aliphatic rings. The van der Waals surface area contributed by atoms with E-state index in [-0.39, 0.29) is 11.2 Å². The third-order valence-electron chi connectivity index (χ3n) is 5.39. The molecule has 0 radical (unpaired) electrons. The lowest BCUT2D eigenvalue weighted by Crippen LogP contribution is -2.37. The lowest BCUT2D eigenvalue weighted by Gasteiger charge is -2.14. The highest BCUT2D eigenvalue weighted by molar-refractivity contribution is 5.86. The first-order valence-corrected chi connectivity index (χ1v) is 9.46. The van der Waals surface area contributed by atoms with Gasteiger partial charge in [0, 0.05) is 39.6 Å². The van der Waals surface area contributed by atoms with Crippen molar-refractivity contribution in [2.24, 2.45) is 14.1 Å². The maximum absolute atomic E-state index is 13.1. The summed E-state index contributed by atoms with van der Waals surface area (Å²) in [6, 6.07) is 18.1. The van der Waals surface area contributed by atoms with Crippen molar-refractivity contribution in [1.82, 2.24) is 13.7 Å². The van der Waals surface area contributed by atoms with E-state index in [1.807, 2.05) is 85.1 Å². The third kappa shape index (κ3) is 2.97. The van der Waals surface area contributed by atoms with Crippen LogP contribution in [-0.4, -0.2) is 27.8 Å². The Labute approximate surface area is 168 Å². The van der Waals surface area contributed by atoms with E-state index in [1.54, 1.807) is 7.05 Å². The molecule has 2 aromatic heterocycles. The first-order chi connectivity index (χ1) is 13.8. The number of hydrogen-bond acceptors (Lipinski definition) is 3. The molecular weight excluding hydrogens is 364 g/mol. The fraction of sp³-hybridized carbons (Fsp3) is 0.217. The lowest BCUT2D eigenvalue weighted by molar-refractivity contribution is 0.711. The molecule has 29 heavy (non-hydrogen) atoms. The Morgan fingerprint density at radius 2 is 1.45 bits per heavy atom. The summed E-state index contributed by atoms with van der Waals surface area (Å²) in [6.07, 6.45) is 0. The molecule has 0 saturated carbocycles. The Bertz CT molecular complexity index is 1320. The lowest BCUT2D eigenvalue weighted by atomic mass is 10.1. The summed E-state index contributed by atoms with van der Waals surface area (Å²) in [5.41, 5.74) is 5.42. The zero-order chi connectivity index (χ0) is 20.9. The molecule has 2 heterocycles. The van der Waals surface area contributed by atoms with Crippen LogP contribution in [0.1, 0.15) is 5.56 Å². The SMILES string of the molecule is Cc1ccc(-n2c(-c3ccc(N(C)C)cc3)cc3c2c(=O)n(C)c(=O)n3C)cc1. The summed E-state index contributed by atoms with van der Waals surface area (Å²) in [6.45, 7) is 2.03. The molecule has 2 aromatic carbocycles. The van der Waals surface area contributed by atoms with Gasteiger partial charge in [0.05, 0.1) is 11.2 Å². The number of rotatable bonds is 3. The smallest absolute Gasteiger partial charge is 0.331 e. The molecule has 0 unspecified atom stereocenters. The van der Waals surface area contributed by atoms with E-state index < -0.39 is 0 Å². The van der Waals surface area contributed by atoms with E-state index in [2.05, 4.69) is 0 Å². The monoisotopic (exact) mass is 388 g/mol. The highest BCUT2D eigenvalue weighted by atomic mass is 16.2. The third-order valence-corrected chi connectivity index (χ3v) is 5.39. The molecule has 0 aliphatic carbocycles. The van der Waals surface area contributed by atoms with Gasteiger partial charge in [0.15, 0.2) is 0 Å². The molecule has 0 atom stereocenters. The van der Waals surface area contributed by atoms with Crippen molar-refractivity contribution >= 4 is 16.7 Å². The predicted octanol–water partition coefficient (Wildman–Crippen LogP) is 3.07. The van der Waals surface area contributed by atoms with E-state index in [1.165, 1.54) is 11.6 Å². The van der Waals surface area contributed by atoms with Gasteiger partial charge in [-0.05, 0) is 42.8 Å². The van der Waals surface area contributed by atoms with E-state index >= 15 is 0 Å². The van der Waals surface area contributed by atoms with Crippen LogP contribution in [0.4, 0.5) is 5.69 Å². The van der Waals surface area contributed by atoms with Gasteiger partial charge in [-0.15, -0.1) is 0 Å². The molecule has 4 rings (SSSR count). The van der Waals surface area contributed by atoms with E-state index in [0.717, 1.165) is 32.8 Å². The second-order valence-electron chi connectivity index (χ2n) is 7.58. The molecule has 0 spiro atoms. The molecule has 148 valence electrons. The molecule has 0 fully saturated rings. The summed E-state index contributed by atoms with van der Waals surface area (Å²) >= 11 is 0. The number of aromatic nitrogens is 3. The van der Waals surface area contributed by atoms with Crippen molar-refractivity contribution in [2.45, 2.75) is 6.92 Å². The van der Waals surface area contributed by atoms with Crippen molar-refractivity contribution in [3.63, 3.8) is 0 Å². The predicted molar refractivity (Wildman–Crippen MR) is 118 cm³/mol.